The van der Waals surface area contributed by atoms with Crippen LogP contribution < -0.4 is 16.4 Å². The van der Waals surface area contributed by atoms with Crippen molar-refractivity contribution in [1.29, 1.82) is 0 Å². The highest BCUT2D eigenvalue weighted by Gasteiger charge is 2.36. The van der Waals surface area contributed by atoms with Crippen molar-refractivity contribution in [2.75, 3.05) is 17.7 Å². The van der Waals surface area contributed by atoms with Crippen molar-refractivity contribution >= 4 is 17.5 Å². The van der Waals surface area contributed by atoms with Gasteiger partial charge in [0.25, 0.3) is 0 Å². The van der Waals surface area contributed by atoms with Crippen LogP contribution in [0.15, 0.2) is 6.07 Å². The molecule has 0 saturated heterocycles. The van der Waals surface area contributed by atoms with Crippen LogP contribution >= 0.6 is 0 Å². The van der Waals surface area contributed by atoms with Crippen LogP contribution in [-0.4, -0.2) is 28.5 Å². The van der Waals surface area contributed by atoms with Crippen molar-refractivity contribution in [2.24, 2.45) is 5.73 Å². The molecule has 1 aromatic heterocycles. The summed E-state index contributed by atoms with van der Waals surface area (Å²) >= 11 is 0. The Kier molecular flexibility index (Phi) is 4.41. The van der Waals surface area contributed by atoms with Crippen LogP contribution in [0.25, 0.3) is 0 Å². The molecular weight excluding hydrogens is 275 g/mol. The number of nitrogens with two attached hydrogens (primary N) is 1. The van der Waals surface area contributed by atoms with Crippen LogP contribution in [0.1, 0.15) is 26.1 Å². The van der Waals surface area contributed by atoms with Gasteiger partial charge in [0, 0.05) is 25.1 Å². The Hall–Kier alpha value is -2.06. The molecule has 0 unspecified atom stereocenters. The van der Waals surface area contributed by atoms with Crippen molar-refractivity contribution in [1.82, 2.24) is 9.97 Å². The maximum atomic E-state index is 12.7. The first-order chi connectivity index (χ1) is 9.03. The van der Waals surface area contributed by atoms with E-state index in [1.165, 1.54) is 13.1 Å². The SMILES string of the molecule is CNc1cc(NC(C)(C)CC(N)=O)nc(C(F)(F)F)n1. The standard InChI is InChI=1S/C11H16F3N5O/c1-10(2,5-6(15)20)19-8-4-7(16-3)17-9(18-8)11(12,13)14/h4H,5H2,1-3H3,(H2,15,20)(H2,16,17,18,19). The van der Waals surface area contributed by atoms with Gasteiger partial charge in [-0.05, 0) is 13.8 Å². The molecule has 1 aromatic rings. The average Bonchev–Trinajstić information content (AvgIpc) is 2.24. The second-order valence-electron chi connectivity index (χ2n) is 4.86. The number of rotatable bonds is 5. The monoisotopic (exact) mass is 291 g/mol. The molecule has 0 aliphatic carbocycles. The molecule has 112 valence electrons. The van der Waals surface area contributed by atoms with Crippen molar-refractivity contribution < 1.29 is 18.0 Å². The highest BCUT2D eigenvalue weighted by molar-refractivity contribution is 5.75. The van der Waals surface area contributed by atoms with Gasteiger partial charge in [-0.1, -0.05) is 0 Å². The molecule has 0 radical (unpaired) electrons. The van der Waals surface area contributed by atoms with E-state index in [9.17, 15) is 18.0 Å². The number of amides is 1. The molecular formula is C11H16F3N5O. The predicted octanol–water partition coefficient (Wildman–Crippen LogP) is 1.60. The molecule has 0 aromatic carbocycles. The van der Waals surface area contributed by atoms with E-state index in [2.05, 4.69) is 20.6 Å². The third kappa shape index (κ3) is 4.56. The number of halogens is 3. The first kappa shape index (κ1) is 16.0. The van der Waals surface area contributed by atoms with Gasteiger partial charge in [-0.2, -0.15) is 13.2 Å². The van der Waals surface area contributed by atoms with Gasteiger partial charge < -0.3 is 16.4 Å². The Morgan fingerprint density at radius 2 is 1.85 bits per heavy atom. The number of hydrogen-bond donors (Lipinski definition) is 3. The molecule has 9 heteroatoms. The molecule has 0 aliphatic heterocycles. The molecule has 20 heavy (non-hydrogen) atoms. The summed E-state index contributed by atoms with van der Waals surface area (Å²) in [5.74, 6) is -1.85. The van der Waals surface area contributed by atoms with Crippen LogP contribution in [0.5, 0.6) is 0 Å². The summed E-state index contributed by atoms with van der Waals surface area (Å²) in [6, 6.07) is 1.32. The summed E-state index contributed by atoms with van der Waals surface area (Å²) in [5.41, 5.74) is 4.26. The minimum Gasteiger partial charge on any atom is -0.373 e. The summed E-state index contributed by atoms with van der Waals surface area (Å²) in [7, 11) is 1.45. The lowest BCUT2D eigenvalue weighted by molar-refractivity contribution is -0.144. The van der Waals surface area contributed by atoms with Gasteiger partial charge in [-0.15, -0.1) is 0 Å². The number of primary amides is 1. The number of aromatic nitrogens is 2. The third-order valence-corrected chi connectivity index (χ3v) is 2.32. The van der Waals surface area contributed by atoms with Gasteiger partial charge in [0.05, 0.1) is 0 Å². The Labute approximate surface area is 114 Å². The van der Waals surface area contributed by atoms with Crippen molar-refractivity contribution in [3.05, 3.63) is 11.9 Å². The van der Waals surface area contributed by atoms with E-state index in [4.69, 9.17) is 5.73 Å². The highest BCUT2D eigenvalue weighted by Crippen LogP contribution is 2.29. The van der Waals surface area contributed by atoms with Crippen LogP contribution in [0.2, 0.25) is 0 Å². The number of anilines is 2. The second-order valence-corrected chi connectivity index (χ2v) is 4.86. The van der Waals surface area contributed by atoms with E-state index < -0.39 is 23.4 Å². The zero-order valence-corrected chi connectivity index (χ0v) is 11.3. The number of carbonyl (C=O) groups excluding carboxylic acids is 1. The van der Waals surface area contributed by atoms with E-state index in [1.54, 1.807) is 13.8 Å². The molecule has 4 N–H and O–H groups in total. The van der Waals surface area contributed by atoms with E-state index in [1.807, 2.05) is 0 Å². The van der Waals surface area contributed by atoms with Crippen LogP contribution in [0, 0.1) is 0 Å². The number of nitrogens with one attached hydrogen (secondary N) is 2. The minimum absolute atomic E-state index is 0.0182. The zero-order chi connectivity index (χ0) is 15.6. The predicted molar refractivity (Wildman–Crippen MR) is 68.1 cm³/mol. The first-order valence-corrected chi connectivity index (χ1v) is 5.74. The first-order valence-electron chi connectivity index (χ1n) is 5.74. The molecule has 0 atom stereocenters. The molecule has 1 rings (SSSR count). The maximum absolute atomic E-state index is 12.7. The Bertz CT molecular complexity index is 501. The van der Waals surface area contributed by atoms with Gasteiger partial charge in [-0.25, -0.2) is 9.97 Å². The number of hydrogen-bond acceptors (Lipinski definition) is 5. The van der Waals surface area contributed by atoms with Crippen LogP contribution in [0.3, 0.4) is 0 Å². The number of alkyl halides is 3. The maximum Gasteiger partial charge on any atom is 0.451 e. The molecule has 6 nitrogen and oxygen atoms in total. The van der Waals surface area contributed by atoms with Gasteiger partial charge in [-0.3, -0.25) is 4.79 Å². The molecule has 0 saturated carbocycles. The minimum atomic E-state index is -4.66. The van der Waals surface area contributed by atoms with Gasteiger partial charge in [0.2, 0.25) is 11.7 Å². The Balaban J connectivity index is 3.09. The number of nitrogens with zero attached hydrogens (tertiary/aromatic N) is 2. The summed E-state index contributed by atoms with van der Waals surface area (Å²) in [4.78, 5) is 17.7. The summed E-state index contributed by atoms with van der Waals surface area (Å²) in [6.45, 7) is 3.26. The molecule has 0 bridgehead atoms. The fourth-order valence-electron chi connectivity index (χ4n) is 1.59. The summed E-state index contributed by atoms with van der Waals surface area (Å²) in [6.07, 6.45) is -4.70. The van der Waals surface area contributed by atoms with E-state index >= 15 is 0 Å². The fourth-order valence-corrected chi connectivity index (χ4v) is 1.59. The molecule has 1 heterocycles. The van der Waals surface area contributed by atoms with E-state index in [0.717, 1.165) is 0 Å². The molecule has 1 amide bonds. The summed E-state index contributed by atoms with van der Waals surface area (Å²) in [5, 5.41) is 5.27. The molecule has 0 fully saturated rings. The lowest BCUT2D eigenvalue weighted by Crippen LogP contribution is -2.36. The van der Waals surface area contributed by atoms with Gasteiger partial charge >= 0.3 is 6.18 Å². The normalized spacial score (nSPS) is 12.1. The average molecular weight is 291 g/mol. The lowest BCUT2D eigenvalue weighted by Gasteiger charge is -2.25. The Morgan fingerprint density at radius 1 is 1.30 bits per heavy atom. The number of carbonyl (C=O) groups is 1. The largest absolute Gasteiger partial charge is 0.451 e. The summed E-state index contributed by atoms with van der Waals surface area (Å²) < 4.78 is 38.0. The second kappa shape index (κ2) is 5.51. The van der Waals surface area contributed by atoms with E-state index in [-0.39, 0.29) is 18.1 Å². The van der Waals surface area contributed by atoms with E-state index in [0.29, 0.717) is 0 Å². The lowest BCUT2D eigenvalue weighted by atomic mass is 10.0. The van der Waals surface area contributed by atoms with Crippen molar-refractivity contribution in [3.8, 4) is 0 Å². The smallest absolute Gasteiger partial charge is 0.373 e. The third-order valence-electron chi connectivity index (χ3n) is 2.32. The van der Waals surface area contributed by atoms with Crippen LogP contribution in [-0.2, 0) is 11.0 Å². The Morgan fingerprint density at radius 3 is 2.30 bits per heavy atom. The quantitative estimate of drug-likeness (QED) is 0.766. The molecule has 0 aliphatic rings. The van der Waals surface area contributed by atoms with Gasteiger partial charge in [0.1, 0.15) is 11.6 Å². The zero-order valence-electron chi connectivity index (χ0n) is 11.3. The fraction of sp³-hybridized carbons (Fsp3) is 0.545. The van der Waals surface area contributed by atoms with Crippen LogP contribution in [0.4, 0.5) is 24.8 Å². The topological polar surface area (TPSA) is 92.9 Å². The van der Waals surface area contributed by atoms with Crippen molar-refractivity contribution in [3.63, 3.8) is 0 Å². The van der Waals surface area contributed by atoms with Crippen molar-refractivity contribution in [2.45, 2.75) is 32.0 Å². The van der Waals surface area contributed by atoms with Gasteiger partial charge in [0.15, 0.2) is 0 Å². The highest BCUT2D eigenvalue weighted by atomic mass is 19.4. The molecule has 0 spiro atoms.